The fourth-order valence-electron chi connectivity index (χ4n) is 5.03. The van der Waals surface area contributed by atoms with Crippen molar-refractivity contribution in [1.29, 1.82) is 0 Å². The van der Waals surface area contributed by atoms with E-state index in [1.807, 2.05) is 12.1 Å². The summed E-state index contributed by atoms with van der Waals surface area (Å²) in [4.78, 5) is 4.83. The number of nitrogens with zero attached hydrogens (tertiary/aromatic N) is 1. The molecular formula is C27H31NO4. The summed E-state index contributed by atoms with van der Waals surface area (Å²) in [5.41, 5.74) is 7.70. The zero-order valence-electron chi connectivity index (χ0n) is 20.2. The standard InChI is InChI=1S/C27H31NO4/c1-14-9-18-24(15(2)11-21(30-6)26(18)20(10-14)29-5)27-19-12-16(3)28-17(4)25(19)22(31-7)13-23(27)32-8/h9-11,13,16H,12H2,1-8H3. The lowest BCUT2D eigenvalue weighted by molar-refractivity contribution is 0.393. The van der Waals surface area contributed by atoms with Crippen LogP contribution in [0.4, 0.5) is 0 Å². The molecule has 4 rings (SSSR count). The Morgan fingerprint density at radius 1 is 0.719 bits per heavy atom. The fourth-order valence-corrected chi connectivity index (χ4v) is 5.03. The Morgan fingerprint density at radius 3 is 1.94 bits per heavy atom. The predicted molar refractivity (Wildman–Crippen MR) is 130 cm³/mol. The Kier molecular flexibility index (Phi) is 5.76. The molecule has 5 heteroatoms. The Labute approximate surface area is 190 Å². The van der Waals surface area contributed by atoms with E-state index in [2.05, 4.69) is 39.8 Å². The number of rotatable bonds is 5. The Hall–Kier alpha value is -3.21. The van der Waals surface area contributed by atoms with Gasteiger partial charge in [-0.2, -0.15) is 0 Å². The van der Waals surface area contributed by atoms with Gasteiger partial charge in [-0.05, 0) is 73.9 Å². The molecule has 0 fully saturated rings. The monoisotopic (exact) mass is 433 g/mol. The van der Waals surface area contributed by atoms with E-state index in [1.165, 1.54) is 5.56 Å². The van der Waals surface area contributed by atoms with Crippen LogP contribution in [0, 0.1) is 13.8 Å². The van der Waals surface area contributed by atoms with Crippen LogP contribution in [-0.2, 0) is 6.42 Å². The smallest absolute Gasteiger partial charge is 0.131 e. The summed E-state index contributed by atoms with van der Waals surface area (Å²) in [5, 5.41) is 2.04. The van der Waals surface area contributed by atoms with Crippen LogP contribution in [-0.4, -0.2) is 40.2 Å². The molecule has 5 nitrogen and oxygen atoms in total. The molecule has 0 bridgehead atoms. The van der Waals surface area contributed by atoms with Crippen molar-refractivity contribution in [3.05, 3.63) is 46.5 Å². The van der Waals surface area contributed by atoms with Crippen LogP contribution >= 0.6 is 0 Å². The minimum Gasteiger partial charge on any atom is -0.496 e. The van der Waals surface area contributed by atoms with Gasteiger partial charge in [-0.1, -0.05) is 6.07 Å². The molecule has 3 aromatic rings. The first-order valence-corrected chi connectivity index (χ1v) is 10.8. The molecule has 0 amide bonds. The van der Waals surface area contributed by atoms with Gasteiger partial charge in [0, 0.05) is 22.9 Å². The third-order valence-corrected chi connectivity index (χ3v) is 6.27. The van der Waals surface area contributed by atoms with Gasteiger partial charge in [-0.25, -0.2) is 0 Å². The third-order valence-electron chi connectivity index (χ3n) is 6.27. The molecule has 3 aromatic carbocycles. The lowest BCUT2D eigenvalue weighted by Gasteiger charge is -2.28. The van der Waals surface area contributed by atoms with E-state index in [0.29, 0.717) is 0 Å². The van der Waals surface area contributed by atoms with Crippen LogP contribution in [0.1, 0.15) is 36.1 Å². The maximum Gasteiger partial charge on any atom is 0.131 e. The molecule has 32 heavy (non-hydrogen) atoms. The Balaban J connectivity index is 2.22. The fraction of sp³-hybridized carbons (Fsp3) is 0.370. The van der Waals surface area contributed by atoms with Crippen molar-refractivity contribution in [2.75, 3.05) is 28.4 Å². The maximum atomic E-state index is 5.94. The van der Waals surface area contributed by atoms with Crippen molar-refractivity contribution < 1.29 is 18.9 Å². The summed E-state index contributed by atoms with van der Waals surface area (Å²) >= 11 is 0. The van der Waals surface area contributed by atoms with Gasteiger partial charge in [0.15, 0.2) is 0 Å². The summed E-state index contributed by atoms with van der Waals surface area (Å²) < 4.78 is 23.2. The van der Waals surface area contributed by atoms with Crippen LogP contribution in [0.5, 0.6) is 23.0 Å². The van der Waals surface area contributed by atoms with Crippen molar-refractivity contribution in [2.24, 2.45) is 4.99 Å². The van der Waals surface area contributed by atoms with Gasteiger partial charge in [0.25, 0.3) is 0 Å². The van der Waals surface area contributed by atoms with Crippen molar-refractivity contribution in [2.45, 2.75) is 40.2 Å². The van der Waals surface area contributed by atoms with Crippen LogP contribution in [0.25, 0.3) is 21.9 Å². The van der Waals surface area contributed by atoms with Gasteiger partial charge in [0.05, 0.1) is 39.9 Å². The van der Waals surface area contributed by atoms with Gasteiger partial charge in [-0.3, -0.25) is 4.99 Å². The highest BCUT2D eigenvalue weighted by atomic mass is 16.5. The molecule has 0 aliphatic carbocycles. The summed E-state index contributed by atoms with van der Waals surface area (Å²) in [6.07, 6.45) is 0.811. The second kappa shape index (κ2) is 8.38. The van der Waals surface area contributed by atoms with Crippen molar-refractivity contribution in [3.8, 4) is 34.1 Å². The van der Waals surface area contributed by atoms with Gasteiger partial charge in [-0.15, -0.1) is 0 Å². The number of hydrogen-bond acceptors (Lipinski definition) is 5. The van der Waals surface area contributed by atoms with E-state index in [4.69, 9.17) is 23.9 Å². The zero-order valence-corrected chi connectivity index (χ0v) is 20.2. The van der Waals surface area contributed by atoms with Crippen LogP contribution < -0.4 is 18.9 Å². The minimum atomic E-state index is 0.180. The molecule has 0 spiro atoms. The van der Waals surface area contributed by atoms with Gasteiger partial charge < -0.3 is 18.9 Å². The summed E-state index contributed by atoms with van der Waals surface area (Å²) in [7, 11) is 6.81. The molecule has 0 saturated heterocycles. The highest BCUT2D eigenvalue weighted by molar-refractivity contribution is 6.10. The van der Waals surface area contributed by atoms with Crippen LogP contribution in [0.15, 0.2) is 29.3 Å². The predicted octanol–water partition coefficient (Wildman–Crippen LogP) is 5.91. The summed E-state index contributed by atoms with van der Waals surface area (Å²) in [6, 6.07) is 8.49. The normalized spacial score (nSPS) is 15.2. The lowest BCUT2D eigenvalue weighted by Crippen LogP contribution is -2.19. The number of hydrogen-bond donors (Lipinski definition) is 0. The van der Waals surface area contributed by atoms with E-state index < -0.39 is 0 Å². The largest absolute Gasteiger partial charge is 0.496 e. The first-order valence-electron chi connectivity index (χ1n) is 10.8. The van der Waals surface area contributed by atoms with Crippen LogP contribution in [0.2, 0.25) is 0 Å². The first kappa shape index (κ1) is 22.0. The van der Waals surface area contributed by atoms with Crippen molar-refractivity contribution in [1.82, 2.24) is 0 Å². The highest BCUT2D eigenvalue weighted by Gasteiger charge is 2.29. The summed E-state index contributed by atoms with van der Waals surface area (Å²) in [6.45, 7) is 8.41. The molecule has 0 radical (unpaired) electrons. The van der Waals surface area contributed by atoms with E-state index >= 15 is 0 Å². The molecule has 1 aliphatic rings. The van der Waals surface area contributed by atoms with Gasteiger partial charge in [0.1, 0.15) is 23.0 Å². The highest BCUT2D eigenvalue weighted by Crippen LogP contribution is 2.49. The molecule has 0 N–H and O–H groups in total. The van der Waals surface area contributed by atoms with Gasteiger partial charge >= 0.3 is 0 Å². The quantitative estimate of drug-likeness (QED) is 0.502. The molecule has 168 valence electrons. The van der Waals surface area contributed by atoms with E-state index in [9.17, 15) is 0 Å². The number of ether oxygens (including phenoxy) is 4. The molecule has 1 atom stereocenters. The zero-order chi connectivity index (χ0) is 23.2. The van der Waals surface area contributed by atoms with E-state index in [0.717, 1.165) is 73.7 Å². The number of aryl methyl sites for hydroxylation is 2. The van der Waals surface area contributed by atoms with Gasteiger partial charge in [0.2, 0.25) is 0 Å². The van der Waals surface area contributed by atoms with Crippen molar-refractivity contribution >= 4 is 16.5 Å². The lowest BCUT2D eigenvalue weighted by atomic mass is 9.83. The molecule has 1 unspecified atom stereocenters. The van der Waals surface area contributed by atoms with E-state index in [1.54, 1.807) is 28.4 Å². The number of methoxy groups -OCH3 is 4. The SMILES string of the molecule is COc1cc(OC)c(-c2c(C)cc(OC)c3c(OC)cc(C)cc23)c2c1C(C)=NC(C)C2. The average molecular weight is 434 g/mol. The molecule has 0 aromatic heterocycles. The molecule has 0 saturated carbocycles. The second-order valence-electron chi connectivity index (χ2n) is 8.44. The Morgan fingerprint density at radius 2 is 1.31 bits per heavy atom. The third kappa shape index (κ3) is 3.36. The second-order valence-corrected chi connectivity index (χ2v) is 8.44. The minimum absolute atomic E-state index is 0.180. The molecule has 1 aliphatic heterocycles. The van der Waals surface area contributed by atoms with Crippen LogP contribution in [0.3, 0.4) is 0 Å². The Bertz CT molecular complexity index is 1230. The maximum absolute atomic E-state index is 5.94. The van der Waals surface area contributed by atoms with E-state index in [-0.39, 0.29) is 6.04 Å². The molecule has 1 heterocycles. The summed E-state index contributed by atoms with van der Waals surface area (Å²) in [5.74, 6) is 3.17. The number of fused-ring (bicyclic) bond motifs is 2. The van der Waals surface area contributed by atoms with Crippen molar-refractivity contribution in [3.63, 3.8) is 0 Å². The molecular weight excluding hydrogens is 402 g/mol. The number of benzene rings is 3. The first-order chi connectivity index (χ1) is 15.3. The number of aliphatic imine (C=N–C) groups is 1. The average Bonchev–Trinajstić information content (AvgIpc) is 2.77. The topological polar surface area (TPSA) is 49.3 Å².